The summed E-state index contributed by atoms with van der Waals surface area (Å²) in [5.74, 6) is 0.615. The Kier molecular flexibility index (Phi) is 11.3. The van der Waals surface area contributed by atoms with Crippen LogP contribution in [0.25, 0.3) is 0 Å². The van der Waals surface area contributed by atoms with Crippen molar-refractivity contribution in [1.29, 1.82) is 0 Å². The van der Waals surface area contributed by atoms with Crippen molar-refractivity contribution in [2.24, 2.45) is 4.99 Å². The predicted molar refractivity (Wildman–Crippen MR) is 120 cm³/mol. The number of aromatic nitrogens is 2. The summed E-state index contributed by atoms with van der Waals surface area (Å²) >= 11 is 0. The predicted octanol–water partition coefficient (Wildman–Crippen LogP) is 3.71. The minimum Gasteiger partial charge on any atom is -0.357 e. The number of aliphatic imine (C=N–C) groups is 1. The van der Waals surface area contributed by atoms with Gasteiger partial charge < -0.3 is 16.0 Å². The van der Waals surface area contributed by atoms with Crippen LogP contribution in [-0.2, 0) is 12.6 Å². The average molecular weight is 522 g/mol. The Bertz CT molecular complexity index is 740. The number of aryl methyl sites for hydroxylation is 1. The monoisotopic (exact) mass is 522 g/mol. The van der Waals surface area contributed by atoms with Gasteiger partial charge in [0.2, 0.25) is 5.95 Å². The zero-order valence-corrected chi connectivity index (χ0v) is 18.5. The first-order valence-corrected chi connectivity index (χ1v) is 9.19. The minimum atomic E-state index is -4.48. The van der Waals surface area contributed by atoms with Crippen LogP contribution in [0.1, 0.15) is 24.6 Å². The summed E-state index contributed by atoms with van der Waals surface area (Å²) in [6.07, 6.45) is -1.51. The summed E-state index contributed by atoms with van der Waals surface area (Å²) in [5, 5.41) is 9.05. The van der Waals surface area contributed by atoms with Gasteiger partial charge in [-0.3, -0.25) is 4.99 Å². The molecule has 0 saturated carbocycles. The number of anilines is 1. The SMILES string of the molecule is CCNC(=NCCCc1ccccc1)NCCNc1nccc(C(F)(F)F)n1.I. The van der Waals surface area contributed by atoms with Crippen molar-refractivity contribution in [2.75, 3.05) is 31.5 Å². The third-order valence-corrected chi connectivity index (χ3v) is 3.73. The minimum absolute atomic E-state index is 0. The second kappa shape index (κ2) is 13.2. The van der Waals surface area contributed by atoms with E-state index >= 15 is 0 Å². The molecule has 0 spiro atoms. The van der Waals surface area contributed by atoms with Crippen LogP contribution in [0.5, 0.6) is 0 Å². The molecule has 10 heteroatoms. The molecule has 3 N–H and O–H groups in total. The fraction of sp³-hybridized carbons (Fsp3) is 0.421. The molecule has 1 aromatic heterocycles. The van der Waals surface area contributed by atoms with E-state index in [9.17, 15) is 13.2 Å². The number of rotatable bonds is 9. The quantitative estimate of drug-likeness (QED) is 0.203. The average Bonchev–Trinajstić information content (AvgIpc) is 2.69. The highest BCUT2D eigenvalue weighted by Crippen LogP contribution is 2.27. The van der Waals surface area contributed by atoms with Crippen molar-refractivity contribution in [3.8, 4) is 0 Å². The van der Waals surface area contributed by atoms with E-state index in [4.69, 9.17) is 0 Å². The molecule has 2 aromatic rings. The van der Waals surface area contributed by atoms with E-state index in [2.05, 4.69) is 43.0 Å². The number of benzene rings is 1. The number of halogens is 4. The Labute approximate surface area is 185 Å². The second-order valence-electron chi connectivity index (χ2n) is 5.97. The van der Waals surface area contributed by atoms with Gasteiger partial charge in [-0.05, 0) is 31.4 Å². The number of hydrogen-bond acceptors (Lipinski definition) is 4. The molecule has 1 heterocycles. The lowest BCUT2D eigenvalue weighted by molar-refractivity contribution is -0.141. The summed E-state index contributed by atoms with van der Waals surface area (Å²) in [7, 11) is 0. The molecule has 0 unspecified atom stereocenters. The largest absolute Gasteiger partial charge is 0.433 e. The summed E-state index contributed by atoms with van der Waals surface area (Å²) in [4.78, 5) is 11.8. The lowest BCUT2D eigenvalue weighted by atomic mass is 10.1. The molecule has 2 rings (SSSR count). The van der Waals surface area contributed by atoms with Crippen LogP contribution in [0.4, 0.5) is 19.1 Å². The molecule has 0 amide bonds. The molecule has 6 nitrogen and oxygen atoms in total. The normalized spacial score (nSPS) is 11.5. The van der Waals surface area contributed by atoms with E-state index in [1.807, 2.05) is 25.1 Å². The summed E-state index contributed by atoms with van der Waals surface area (Å²) < 4.78 is 37.9. The Balaban J connectivity index is 0.00000420. The Morgan fingerprint density at radius 3 is 2.52 bits per heavy atom. The Morgan fingerprint density at radius 2 is 1.83 bits per heavy atom. The van der Waals surface area contributed by atoms with Crippen molar-refractivity contribution >= 4 is 35.9 Å². The molecule has 0 radical (unpaired) electrons. The summed E-state index contributed by atoms with van der Waals surface area (Å²) in [5.41, 5.74) is 0.312. The summed E-state index contributed by atoms with van der Waals surface area (Å²) in [6, 6.07) is 11.1. The van der Waals surface area contributed by atoms with E-state index in [0.29, 0.717) is 32.1 Å². The number of guanidine groups is 1. The highest BCUT2D eigenvalue weighted by molar-refractivity contribution is 14.0. The topological polar surface area (TPSA) is 74.2 Å². The van der Waals surface area contributed by atoms with Gasteiger partial charge in [0.05, 0.1) is 0 Å². The van der Waals surface area contributed by atoms with Crippen LogP contribution in [0.2, 0.25) is 0 Å². The molecule has 0 fully saturated rings. The number of hydrogen-bond donors (Lipinski definition) is 3. The van der Waals surface area contributed by atoms with E-state index in [1.165, 1.54) is 5.56 Å². The third kappa shape index (κ3) is 9.77. The lowest BCUT2D eigenvalue weighted by Gasteiger charge is -2.12. The first-order valence-electron chi connectivity index (χ1n) is 9.19. The second-order valence-corrected chi connectivity index (χ2v) is 5.97. The fourth-order valence-electron chi connectivity index (χ4n) is 2.42. The zero-order chi connectivity index (χ0) is 20.2. The summed E-state index contributed by atoms with van der Waals surface area (Å²) in [6.45, 7) is 4.18. The van der Waals surface area contributed by atoms with E-state index in [0.717, 1.165) is 25.1 Å². The van der Waals surface area contributed by atoms with Gasteiger partial charge in [0.25, 0.3) is 0 Å². The zero-order valence-electron chi connectivity index (χ0n) is 16.2. The van der Waals surface area contributed by atoms with Gasteiger partial charge in [-0.2, -0.15) is 13.2 Å². The van der Waals surface area contributed by atoms with E-state index in [-0.39, 0.29) is 29.9 Å². The van der Waals surface area contributed by atoms with Crippen molar-refractivity contribution in [3.63, 3.8) is 0 Å². The molecule has 1 aromatic carbocycles. The maximum Gasteiger partial charge on any atom is 0.433 e. The maximum atomic E-state index is 12.6. The molecule has 0 saturated heterocycles. The molecule has 160 valence electrons. The molecular weight excluding hydrogens is 496 g/mol. The molecule has 29 heavy (non-hydrogen) atoms. The highest BCUT2D eigenvalue weighted by atomic mass is 127. The molecule has 0 aliphatic carbocycles. The van der Waals surface area contributed by atoms with Gasteiger partial charge in [0.15, 0.2) is 5.96 Å². The van der Waals surface area contributed by atoms with E-state index in [1.54, 1.807) is 0 Å². The molecule has 0 aliphatic rings. The number of nitrogens with one attached hydrogen (secondary N) is 3. The van der Waals surface area contributed by atoms with Crippen molar-refractivity contribution < 1.29 is 13.2 Å². The standard InChI is InChI=1S/C19H25F3N6.HI/c1-2-23-17(24-11-6-9-15-7-4-3-5-8-15)26-13-14-27-18-25-12-10-16(28-18)19(20,21)22;/h3-5,7-8,10,12H,2,6,9,11,13-14H2,1H3,(H2,23,24,26)(H,25,27,28);1H. The highest BCUT2D eigenvalue weighted by Gasteiger charge is 2.32. The van der Waals surface area contributed by atoms with Gasteiger partial charge in [0, 0.05) is 32.4 Å². The molecular formula is C19H26F3IN6. The van der Waals surface area contributed by atoms with Crippen molar-refractivity contribution in [3.05, 3.63) is 53.9 Å². The van der Waals surface area contributed by atoms with E-state index < -0.39 is 11.9 Å². The van der Waals surface area contributed by atoms with Gasteiger partial charge >= 0.3 is 6.18 Å². The fourth-order valence-corrected chi connectivity index (χ4v) is 2.42. The third-order valence-electron chi connectivity index (χ3n) is 3.73. The first kappa shape index (κ1) is 24.9. The van der Waals surface area contributed by atoms with Gasteiger partial charge in [-0.15, -0.1) is 24.0 Å². The van der Waals surface area contributed by atoms with Crippen LogP contribution in [-0.4, -0.2) is 42.1 Å². The smallest absolute Gasteiger partial charge is 0.357 e. The maximum absolute atomic E-state index is 12.6. The van der Waals surface area contributed by atoms with Crippen molar-refractivity contribution in [1.82, 2.24) is 20.6 Å². The Hall–Kier alpha value is -2.11. The van der Waals surface area contributed by atoms with Crippen LogP contribution in [0.3, 0.4) is 0 Å². The Morgan fingerprint density at radius 1 is 1.07 bits per heavy atom. The van der Waals surface area contributed by atoms with Gasteiger partial charge in [-0.25, -0.2) is 9.97 Å². The van der Waals surface area contributed by atoms with Gasteiger partial charge in [0.1, 0.15) is 5.69 Å². The molecule has 0 aliphatic heterocycles. The van der Waals surface area contributed by atoms with Crippen LogP contribution < -0.4 is 16.0 Å². The number of alkyl halides is 3. The molecule has 0 atom stereocenters. The van der Waals surface area contributed by atoms with Gasteiger partial charge in [-0.1, -0.05) is 30.3 Å². The van der Waals surface area contributed by atoms with Crippen LogP contribution >= 0.6 is 24.0 Å². The molecule has 0 bridgehead atoms. The van der Waals surface area contributed by atoms with Crippen LogP contribution in [0, 0.1) is 0 Å². The van der Waals surface area contributed by atoms with Crippen LogP contribution in [0.15, 0.2) is 47.6 Å². The number of nitrogens with zero attached hydrogens (tertiary/aromatic N) is 3. The first-order chi connectivity index (χ1) is 13.5. The van der Waals surface area contributed by atoms with Crippen molar-refractivity contribution in [2.45, 2.75) is 25.9 Å². The lowest BCUT2D eigenvalue weighted by Crippen LogP contribution is -2.39.